The van der Waals surface area contributed by atoms with Crippen molar-refractivity contribution in [1.82, 2.24) is 0 Å². The summed E-state index contributed by atoms with van der Waals surface area (Å²) in [5.74, 6) is 1.41. The van der Waals surface area contributed by atoms with Crippen LogP contribution in [0.5, 0.6) is 0 Å². The van der Waals surface area contributed by atoms with Gasteiger partial charge in [-0.3, -0.25) is 0 Å². The standard InChI is InChI=1S/C56H56N2/c1-41-13-28-51(29-14-41)57(54-34-23-47(24-35-54)45-9-5-3-6-10-45)53-32-20-43(21-33-53)17-18-44-19-22-50-40-56(38-27-49(50)39-44)58(52-30-15-42(2)16-31-52)55-36-25-48(26-37-55)46-11-7-4-8-12-46/h13-40,45-46H,3-12H2,1-2H3/b18-17+. The van der Waals surface area contributed by atoms with Gasteiger partial charge in [0.25, 0.3) is 0 Å². The average Bonchev–Trinajstić information content (AvgIpc) is 3.28. The van der Waals surface area contributed by atoms with E-state index in [4.69, 9.17) is 0 Å². The molecule has 0 atom stereocenters. The Morgan fingerprint density at radius 3 is 1.17 bits per heavy atom. The lowest BCUT2D eigenvalue weighted by Gasteiger charge is -2.27. The molecule has 0 aliphatic heterocycles. The third kappa shape index (κ3) is 8.53. The molecular formula is C56H56N2. The van der Waals surface area contributed by atoms with Crippen LogP contribution in [0.4, 0.5) is 34.1 Å². The molecule has 58 heavy (non-hydrogen) atoms. The molecule has 2 heteroatoms. The van der Waals surface area contributed by atoms with Crippen molar-refractivity contribution in [2.45, 2.75) is 89.9 Å². The molecule has 7 aromatic rings. The summed E-state index contributed by atoms with van der Waals surface area (Å²) in [5, 5.41) is 2.47. The van der Waals surface area contributed by atoms with Crippen LogP contribution < -0.4 is 9.80 Å². The van der Waals surface area contributed by atoms with Crippen molar-refractivity contribution in [2.75, 3.05) is 9.80 Å². The van der Waals surface area contributed by atoms with Gasteiger partial charge in [0.1, 0.15) is 0 Å². The Morgan fingerprint density at radius 1 is 0.345 bits per heavy atom. The summed E-state index contributed by atoms with van der Waals surface area (Å²) in [6.07, 6.45) is 17.9. The smallest absolute Gasteiger partial charge is 0.0468 e. The molecule has 0 aromatic heterocycles. The monoisotopic (exact) mass is 756 g/mol. The van der Waals surface area contributed by atoms with E-state index >= 15 is 0 Å². The highest BCUT2D eigenvalue weighted by atomic mass is 15.1. The average molecular weight is 757 g/mol. The molecule has 0 bridgehead atoms. The first-order chi connectivity index (χ1) is 28.5. The number of fused-ring (bicyclic) bond motifs is 1. The summed E-state index contributed by atoms with van der Waals surface area (Å²) < 4.78 is 0. The van der Waals surface area contributed by atoms with Crippen molar-refractivity contribution in [2.24, 2.45) is 0 Å². The van der Waals surface area contributed by atoms with Crippen molar-refractivity contribution in [3.8, 4) is 0 Å². The highest BCUT2D eigenvalue weighted by Gasteiger charge is 2.19. The second-order valence-corrected chi connectivity index (χ2v) is 16.9. The van der Waals surface area contributed by atoms with Crippen molar-refractivity contribution in [1.29, 1.82) is 0 Å². The Bertz CT molecular complexity index is 2450. The Morgan fingerprint density at radius 2 is 0.690 bits per heavy atom. The Balaban J connectivity index is 0.944. The zero-order valence-electron chi connectivity index (χ0n) is 34.3. The Hall–Kier alpha value is -5.86. The molecule has 2 aliphatic carbocycles. The molecule has 0 radical (unpaired) electrons. The zero-order chi connectivity index (χ0) is 39.3. The molecular weight excluding hydrogens is 701 g/mol. The predicted octanol–water partition coefficient (Wildman–Crippen LogP) is 16.7. The highest BCUT2D eigenvalue weighted by molar-refractivity contribution is 5.91. The van der Waals surface area contributed by atoms with E-state index in [0.29, 0.717) is 11.8 Å². The second-order valence-electron chi connectivity index (χ2n) is 16.9. The lowest BCUT2D eigenvalue weighted by atomic mass is 9.84. The highest BCUT2D eigenvalue weighted by Crippen LogP contribution is 2.40. The van der Waals surface area contributed by atoms with E-state index in [1.54, 1.807) is 0 Å². The van der Waals surface area contributed by atoms with E-state index in [0.717, 1.165) is 5.69 Å². The van der Waals surface area contributed by atoms with Crippen molar-refractivity contribution >= 4 is 57.0 Å². The third-order valence-electron chi connectivity index (χ3n) is 12.8. The van der Waals surface area contributed by atoms with Crippen LogP contribution in [0.2, 0.25) is 0 Å². The molecule has 2 saturated carbocycles. The van der Waals surface area contributed by atoms with Crippen LogP contribution in [0.1, 0.15) is 109 Å². The van der Waals surface area contributed by atoms with Gasteiger partial charge >= 0.3 is 0 Å². The van der Waals surface area contributed by atoms with Crippen molar-refractivity contribution < 1.29 is 0 Å². The minimum atomic E-state index is 0.701. The number of rotatable bonds is 10. The predicted molar refractivity (Wildman–Crippen MR) is 250 cm³/mol. The summed E-state index contributed by atoms with van der Waals surface area (Å²) in [5.41, 5.74) is 15.0. The molecule has 0 spiro atoms. The quantitative estimate of drug-likeness (QED) is 0.128. The van der Waals surface area contributed by atoms with E-state index in [-0.39, 0.29) is 0 Å². The number of nitrogens with zero attached hydrogens (tertiary/aromatic N) is 2. The first-order valence-corrected chi connectivity index (χ1v) is 21.8. The molecule has 9 rings (SSSR count). The number of hydrogen-bond acceptors (Lipinski definition) is 2. The first-order valence-electron chi connectivity index (χ1n) is 21.8. The fourth-order valence-corrected chi connectivity index (χ4v) is 9.37. The zero-order valence-corrected chi connectivity index (χ0v) is 34.3. The van der Waals surface area contributed by atoms with E-state index in [2.05, 4.69) is 194 Å². The maximum atomic E-state index is 2.40. The van der Waals surface area contributed by atoms with E-state index in [1.807, 2.05) is 0 Å². The van der Waals surface area contributed by atoms with Crippen LogP contribution in [0, 0.1) is 13.8 Å². The maximum Gasteiger partial charge on any atom is 0.0468 e. The van der Waals surface area contributed by atoms with Gasteiger partial charge in [0.2, 0.25) is 0 Å². The van der Waals surface area contributed by atoms with E-state index < -0.39 is 0 Å². The normalized spacial score (nSPS) is 15.2. The van der Waals surface area contributed by atoms with Gasteiger partial charge in [-0.15, -0.1) is 0 Å². The lowest BCUT2D eigenvalue weighted by Crippen LogP contribution is -2.10. The van der Waals surface area contributed by atoms with Crippen molar-refractivity contribution in [3.63, 3.8) is 0 Å². The van der Waals surface area contributed by atoms with Crippen LogP contribution in [0.15, 0.2) is 158 Å². The van der Waals surface area contributed by atoms with E-state index in [1.165, 1.54) is 137 Å². The van der Waals surface area contributed by atoms with Gasteiger partial charge in [-0.25, -0.2) is 0 Å². The van der Waals surface area contributed by atoms with Crippen molar-refractivity contribution in [3.05, 3.63) is 191 Å². The third-order valence-corrected chi connectivity index (χ3v) is 12.8. The summed E-state index contributed by atoms with van der Waals surface area (Å²) in [6, 6.07) is 59.2. The largest absolute Gasteiger partial charge is 0.311 e. The summed E-state index contributed by atoms with van der Waals surface area (Å²) in [7, 11) is 0. The Labute approximate surface area is 346 Å². The summed E-state index contributed by atoms with van der Waals surface area (Å²) in [6.45, 7) is 4.31. The SMILES string of the molecule is Cc1ccc(N(c2ccc(/C=C/c3ccc4cc(N(c5ccc(C)cc5)c5ccc(C6CCCCC6)cc5)ccc4c3)cc2)c2ccc(C3CCCCC3)cc2)cc1. The van der Waals surface area contributed by atoms with Gasteiger partial charge in [-0.05, 0) is 163 Å². The van der Waals surface area contributed by atoms with Gasteiger partial charge in [-0.2, -0.15) is 0 Å². The first kappa shape index (κ1) is 37.7. The van der Waals surface area contributed by atoms with Crippen LogP contribution in [-0.2, 0) is 0 Å². The van der Waals surface area contributed by atoms with Gasteiger partial charge in [0.05, 0.1) is 0 Å². The number of hydrogen-bond donors (Lipinski definition) is 0. The summed E-state index contributed by atoms with van der Waals surface area (Å²) >= 11 is 0. The fourth-order valence-electron chi connectivity index (χ4n) is 9.37. The van der Waals surface area contributed by atoms with Crippen LogP contribution in [-0.4, -0.2) is 0 Å². The van der Waals surface area contributed by atoms with Crippen LogP contribution in [0.25, 0.3) is 22.9 Å². The molecule has 0 heterocycles. The van der Waals surface area contributed by atoms with Crippen LogP contribution >= 0.6 is 0 Å². The Kier molecular flexibility index (Phi) is 11.3. The lowest BCUT2D eigenvalue weighted by molar-refractivity contribution is 0.443. The molecule has 0 saturated heterocycles. The minimum Gasteiger partial charge on any atom is -0.311 e. The fraction of sp³-hybridized carbons (Fsp3) is 0.250. The van der Waals surface area contributed by atoms with E-state index in [9.17, 15) is 0 Å². The molecule has 0 N–H and O–H groups in total. The van der Waals surface area contributed by atoms with Gasteiger partial charge in [0, 0.05) is 34.1 Å². The number of aryl methyl sites for hydroxylation is 2. The van der Waals surface area contributed by atoms with Crippen LogP contribution in [0.3, 0.4) is 0 Å². The number of anilines is 6. The van der Waals surface area contributed by atoms with Gasteiger partial charge in [0.15, 0.2) is 0 Å². The molecule has 2 nitrogen and oxygen atoms in total. The molecule has 7 aromatic carbocycles. The molecule has 2 fully saturated rings. The molecule has 0 amide bonds. The minimum absolute atomic E-state index is 0.701. The van der Waals surface area contributed by atoms with Gasteiger partial charge in [-0.1, -0.05) is 141 Å². The second kappa shape index (κ2) is 17.3. The van der Waals surface area contributed by atoms with Gasteiger partial charge < -0.3 is 9.80 Å². The summed E-state index contributed by atoms with van der Waals surface area (Å²) in [4.78, 5) is 4.77. The molecule has 2 aliphatic rings. The topological polar surface area (TPSA) is 6.48 Å². The maximum absolute atomic E-state index is 2.40. The molecule has 290 valence electrons. The number of benzene rings is 7. The molecule has 0 unspecified atom stereocenters.